The van der Waals surface area contributed by atoms with E-state index < -0.39 is 0 Å². The van der Waals surface area contributed by atoms with Gasteiger partial charge in [0.2, 0.25) is 0 Å². The topological polar surface area (TPSA) is 48.8 Å². The molecule has 0 rings (SSSR count). The molecule has 0 aliphatic carbocycles. The molecule has 3 heteroatoms. The van der Waals surface area contributed by atoms with E-state index >= 15 is 0 Å². The van der Waals surface area contributed by atoms with Crippen LogP contribution >= 0.6 is 0 Å². The Morgan fingerprint density at radius 1 is 1.00 bits per heavy atom. The molecule has 0 spiro atoms. The largest absolute Gasteiger partial charge is 0.0940 e. The van der Waals surface area contributed by atoms with E-state index in [4.69, 9.17) is 5.53 Å². The lowest BCUT2D eigenvalue weighted by Gasteiger charge is -2.09. The summed E-state index contributed by atoms with van der Waals surface area (Å²) in [6, 6.07) is 0. The van der Waals surface area contributed by atoms with Gasteiger partial charge in [-0.25, -0.2) is 0 Å². The van der Waals surface area contributed by atoms with Crippen molar-refractivity contribution in [2.75, 3.05) is 6.54 Å². The van der Waals surface area contributed by atoms with Crippen molar-refractivity contribution < 1.29 is 0 Å². The quantitative estimate of drug-likeness (QED) is 0.194. The summed E-state index contributed by atoms with van der Waals surface area (Å²) >= 11 is 0. The highest BCUT2D eigenvalue weighted by atomic mass is 15.1. The Labute approximate surface area is 100 Å². The normalized spacial score (nSPS) is 12.1. The fraction of sp³-hybridized carbons (Fsp3) is 1.00. The zero-order valence-corrected chi connectivity index (χ0v) is 11.0. The molecule has 1 atom stereocenters. The Morgan fingerprint density at radius 2 is 1.62 bits per heavy atom. The number of azide groups is 1. The number of unbranched alkanes of at least 4 members (excludes halogenated alkanes) is 5. The average molecular weight is 225 g/mol. The van der Waals surface area contributed by atoms with Gasteiger partial charge in [0.15, 0.2) is 0 Å². The summed E-state index contributed by atoms with van der Waals surface area (Å²) < 4.78 is 0. The van der Waals surface area contributed by atoms with Crippen LogP contribution in [0.25, 0.3) is 10.4 Å². The van der Waals surface area contributed by atoms with Crippen LogP contribution in [-0.4, -0.2) is 6.54 Å². The van der Waals surface area contributed by atoms with Gasteiger partial charge >= 0.3 is 0 Å². The molecule has 0 N–H and O–H groups in total. The molecule has 0 aromatic rings. The Morgan fingerprint density at radius 3 is 2.31 bits per heavy atom. The number of nitrogens with zero attached hydrogens (tertiary/aromatic N) is 3. The maximum absolute atomic E-state index is 8.13. The summed E-state index contributed by atoms with van der Waals surface area (Å²) in [5.74, 6) is 0.792. The minimum absolute atomic E-state index is 0.664. The lowest BCUT2D eigenvalue weighted by Crippen LogP contribution is -1.96. The Balaban J connectivity index is 3.16. The first-order valence-electron chi connectivity index (χ1n) is 6.82. The van der Waals surface area contributed by atoms with Gasteiger partial charge in [-0.05, 0) is 17.9 Å². The smallest absolute Gasteiger partial charge is 0.0258 e. The Hall–Kier alpha value is -0.690. The fourth-order valence-corrected chi connectivity index (χ4v) is 1.97. The second kappa shape index (κ2) is 12.4. The summed E-state index contributed by atoms with van der Waals surface area (Å²) in [6.07, 6.45) is 11.9. The van der Waals surface area contributed by atoms with E-state index in [2.05, 4.69) is 23.9 Å². The third-order valence-electron chi connectivity index (χ3n) is 3.07. The van der Waals surface area contributed by atoms with Crippen molar-refractivity contribution in [3.05, 3.63) is 10.4 Å². The van der Waals surface area contributed by atoms with Gasteiger partial charge in [-0.15, -0.1) is 0 Å². The molecule has 0 aliphatic rings. The molecule has 0 saturated heterocycles. The second-order valence-electron chi connectivity index (χ2n) is 4.76. The third kappa shape index (κ3) is 11.4. The Bertz CT molecular complexity index is 186. The zero-order chi connectivity index (χ0) is 12.1. The van der Waals surface area contributed by atoms with Crippen LogP contribution in [-0.2, 0) is 0 Å². The first-order valence-corrected chi connectivity index (χ1v) is 6.82. The molecule has 0 heterocycles. The molecule has 0 aliphatic heterocycles. The van der Waals surface area contributed by atoms with Crippen LogP contribution in [0, 0.1) is 5.92 Å². The number of hydrogen-bond donors (Lipinski definition) is 0. The minimum Gasteiger partial charge on any atom is -0.0940 e. The van der Waals surface area contributed by atoms with Gasteiger partial charge in [0.25, 0.3) is 0 Å². The minimum atomic E-state index is 0.664. The summed E-state index contributed by atoms with van der Waals surface area (Å²) in [5.41, 5.74) is 8.13. The van der Waals surface area contributed by atoms with Crippen molar-refractivity contribution in [3.63, 3.8) is 0 Å². The first kappa shape index (κ1) is 15.3. The SMILES string of the molecule is CCCCCCCCC(C)CCCN=[N+]=[N-]. The van der Waals surface area contributed by atoms with Gasteiger partial charge < -0.3 is 0 Å². The van der Waals surface area contributed by atoms with Crippen molar-refractivity contribution in [1.29, 1.82) is 0 Å². The van der Waals surface area contributed by atoms with Gasteiger partial charge in [0.05, 0.1) is 0 Å². The molecule has 0 aromatic carbocycles. The van der Waals surface area contributed by atoms with Gasteiger partial charge in [-0.3, -0.25) is 0 Å². The lowest BCUT2D eigenvalue weighted by molar-refractivity contribution is 0.446. The monoisotopic (exact) mass is 225 g/mol. The molecular weight excluding hydrogens is 198 g/mol. The summed E-state index contributed by atoms with van der Waals surface area (Å²) in [5, 5.41) is 3.55. The van der Waals surface area contributed by atoms with E-state index in [9.17, 15) is 0 Å². The third-order valence-corrected chi connectivity index (χ3v) is 3.07. The lowest BCUT2D eigenvalue weighted by atomic mass is 9.97. The van der Waals surface area contributed by atoms with Crippen molar-refractivity contribution in [1.82, 2.24) is 0 Å². The molecule has 0 fully saturated rings. The van der Waals surface area contributed by atoms with Gasteiger partial charge in [0.1, 0.15) is 0 Å². The molecular formula is C13H27N3. The highest BCUT2D eigenvalue weighted by molar-refractivity contribution is 4.56. The van der Waals surface area contributed by atoms with E-state index in [1.807, 2.05) is 0 Å². The Kier molecular flexibility index (Phi) is 11.8. The first-order chi connectivity index (χ1) is 7.81. The van der Waals surface area contributed by atoms with E-state index in [1.54, 1.807) is 0 Å². The highest BCUT2D eigenvalue weighted by Crippen LogP contribution is 2.16. The van der Waals surface area contributed by atoms with Crippen LogP contribution in [0.15, 0.2) is 5.11 Å². The van der Waals surface area contributed by atoms with Crippen molar-refractivity contribution >= 4 is 0 Å². The molecule has 1 unspecified atom stereocenters. The van der Waals surface area contributed by atoms with Crippen LogP contribution < -0.4 is 0 Å². The second-order valence-corrected chi connectivity index (χ2v) is 4.76. The molecule has 0 aromatic heterocycles. The van der Waals surface area contributed by atoms with Gasteiger partial charge in [-0.2, -0.15) is 0 Å². The highest BCUT2D eigenvalue weighted by Gasteiger charge is 2.01. The van der Waals surface area contributed by atoms with Crippen LogP contribution in [0.1, 0.15) is 71.6 Å². The molecule has 0 radical (unpaired) electrons. The molecule has 0 saturated carbocycles. The van der Waals surface area contributed by atoms with Crippen LogP contribution in [0.2, 0.25) is 0 Å². The summed E-state index contributed by atoms with van der Waals surface area (Å²) in [7, 11) is 0. The van der Waals surface area contributed by atoms with E-state index in [0.29, 0.717) is 6.54 Å². The van der Waals surface area contributed by atoms with E-state index in [-0.39, 0.29) is 0 Å². The average Bonchev–Trinajstić information content (AvgIpc) is 2.29. The van der Waals surface area contributed by atoms with Crippen molar-refractivity contribution in [2.45, 2.75) is 71.6 Å². The van der Waals surface area contributed by atoms with E-state index in [1.165, 1.54) is 51.4 Å². The maximum atomic E-state index is 8.13. The van der Waals surface area contributed by atoms with Crippen molar-refractivity contribution in [2.24, 2.45) is 11.0 Å². The molecule has 94 valence electrons. The van der Waals surface area contributed by atoms with Crippen LogP contribution in [0.3, 0.4) is 0 Å². The fourth-order valence-electron chi connectivity index (χ4n) is 1.97. The molecule has 3 nitrogen and oxygen atoms in total. The van der Waals surface area contributed by atoms with Gasteiger partial charge in [0, 0.05) is 11.5 Å². The zero-order valence-electron chi connectivity index (χ0n) is 11.0. The van der Waals surface area contributed by atoms with E-state index in [0.717, 1.165) is 12.3 Å². The predicted molar refractivity (Wildman–Crippen MR) is 70.4 cm³/mol. The van der Waals surface area contributed by atoms with Crippen molar-refractivity contribution in [3.8, 4) is 0 Å². The summed E-state index contributed by atoms with van der Waals surface area (Å²) in [4.78, 5) is 2.76. The van der Waals surface area contributed by atoms with Gasteiger partial charge in [-0.1, -0.05) is 70.3 Å². The van der Waals surface area contributed by atoms with Crippen LogP contribution in [0.5, 0.6) is 0 Å². The maximum Gasteiger partial charge on any atom is 0.0258 e. The molecule has 0 amide bonds. The molecule has 0 bridgehead atoms. The van der Waals surface area contributed by atoms with Crippen LogP contribution in [0.4, 0.5) is 0 Å². The summed E-state index contributed by atoms with van der Waals surface area (Å²) in [6.45, 7) is 5.23. The molecule has 16 heavy (non-hydrogen) atoms. The predicted octanol–water partition coefficient (Wildman–Crippen LogP) is 5.46. The number of rotatable bonds is 11. The standard InChI is InChI=1S/C13H27N3/c1-3-4-5-6-7-8-10-13(2)11-9-12-15-16-14/h13H,3-12H2,1-2H3. The number of hydrogen-bond acceptors (Lipinski definition) is 1.